The van der Waals surface area contributed by atoms with Crippen molar-refractivity contribution in [3.8, 4) is 0 Å². The maximum Gasteiger partial charge on any atom is 0.224 e. The zero-order valence-electron chi connectivity index (χ0n) is 9.87. The first-order chi connectivity index (χ1) is 8.16. The molecule has 1 aliphatic rings. The summed E-state index contributed by atoms with van der Waals surface area (Å²) < 4.78 is 12.7. The minimum absolute atomic E-state index is 0.0513. The minimum Gasteiger partial charge on any atom is -0.352 e. The van der Waals surface area contributed by atoms with E-state index in [1.54, 1.807) is 12.1 Å². The molecule has 0 unspecified atom stereocenters. The molecule has 2 atom stereocenters. The number of amides is 1. The fourth-order valence-electron chi connectivity index (χ4n) is 2.08. The summed E-state index contributed by atoms with van der Waals surface area (Å²) in [7, 11) is 0. The van der Waals surface area contributed by atoms with Gasteiger partial charge in [0.2, 0.25) is 5.91 Å². The van der Waals surface area contributed by atoms with Crippen molar-refractivity contribution in [3.63, 3.8) is 0 Å². The molecule has 1 saturated heterocycles. The standard InChI is InChI=1S/C13H17FN2O/c1-9-6-15-8-12(9)13(17)16-7-10-2-4-11(14)5-3-10/h2-5,9,12,15H,6-8H2,1H3,(H,16,17)/t9-,12-/m1/s1. The van der Waals surface area contributed by atoms with Gasteiger partial charge in [-0.3, -0.25) is 4.79 Å². The molecule has 1 heterocycles. The highest BCUT2D eigenvalue weighted by molar-refractivity contribution is 5.79. The molecule has 0 bridgehead atoms. The number of nitrogens with one attached hydrogen (secondary N) is 2. The Hall–Kier alpha value is -1.42. The zero-order valence-corrected chi connectivity index (χ0v) is 9.87. The van der Waals surface area contributed by atoms with Gasteiger partial charge in [0.05, 0.1) is 5.92 Å². The van der Waals surface area contributed by atoms with Crippen LogP contribution in [0.3, 0.4) is 0 Å². The van der Waals surface area contributed by atoms with Gasteiger partial charge in [0.15, 0.2) is 0 Å². The Morgan fingerprint density at radius 3 is 2.71 bits per heavy atom. The molecule has 2 N–H and O–H groups in total. The predicted molar refractivity (Wildman–Crippen MR) is 63.8 cm³/mol. The summed E-state index contributed by atoms with van der Waals surface area (Å²) in [5, 5.41) is 6.09. The smallest absolute Gasteiger partial charge is 0.224 e. The molecule has 92 valence electrons. The first kappa shape index (κ1) is 12.0. The molecule has 17 heavy (non-hydrogen) atoms. The third-order valence-corrected chi connectivity index (χ3v) is 3.23. The molecule has 2 rings (SSSR count). The van der Waals surface area contributed by atoms with Crippen LogP contribution in [0.2, 0.25) is 0 Å². The van der Waals surface area contributed by atoms with E-state index in [1.165, 1.54) is 12.1 Å². The topological polar surface area (TPSA) is 41.1 Å². The lowest BCUT2D eigenvalue weighted by atomic mass is 9.97. The summed E-state index contributed by atoms with van der Waals surface area (Å²) >= 11 is 0. The highest BCUT2D eigenvalue weighted by atomic mass is 19.1. The van der Waals surface area contributed by atoms with Gasteiger partial charge in [-0.1, -0.05) is 19.1 Å². The van der Waals surface area contributed by atoms with Gasteiger partial charge in [0, 0.05) is 13.1 Å². The molecule has 0 aliphatic carbocycles. The first-order valence-corrected chi connectivity index (χ1v) is 5.89. The lowest BCUT2D eigenvalue weighted by Crippen LogP contribution is -2.33. The molecular weight excluding hydrogens is 219 g/mol. The highest BCUT2D eigenvalue weighted by Gasteiger charge is 2.29. The van der Waals surface area contributed by atoms with Crippen molar-refractivity contribution in [2.24, 2.45) is 11.8 Å². The number of halogens is 1. The SMILES string of the molecule is C[C@@H]1CNC[C@H]1C(=O)NCc1ccc(F)cc1. The van der Waals surface area contributed by atoms with E-state index in [0.717, 1.165) is 18.7 Å². The highest BCUT2D eigenvalue weighted by Crippen LogP contribution is 2.15. The van der Waals surface area contributed by atoms with Gasteiger partial charge >= 0.3 is 0 Å². The van der Waals surface area contributed by atoms with Crippen molar-refractivity contribution in [2.45, 2.75) is 13.5 Å². The van der Waals surface area contributed by atoms with Crippen molar-refractivity contribution in [3.05, 3.63) is 35.6 Å². The quantitative estimate of drug-likeness (QED) is 0.830. The van der Waals surface area contributed by atoms with E-state index in [2.05, 4.69) is 17.6 Å². The molecule has 0 radical (unpaired) electrons. The average molecular weight is 236 g/mol. The Kier molecular flexibility index (Phi) is 3.74. The van der Waals surface area contributed by atoms with Crippen LogP contribution in [0.1, 0.15) is 12.5 Å². The number of hydrogen-bond donors (Lipinski definition) is 2. The van der Waals surface area contributed by atoms with Gasteiger partial charge in [-0.05, 0) is 30.2 Å². The maximum atomic E-state index is 12.7. The van der Waals surface area contributed by atoms with E-state index < -0.39 is 0 Å². The first-order valence-electron chi connectivity index (χ1n) is 5.89. The second-order valence-electron chi connectivity index (χ2n) is 4.59. The van der Waals surface area contributed by atoms with E-state index in [9.17, 15) is 9.18 Å². The zero-order chi connectivity index (χ0) is 12.3. The van der Waals surface area contributed by atoms with Crippen molar-refractivity contribution in [1.29, 1.82) is 0 Å². The molecule has 0 spiro atoms. The summed E-state index contributed by atoms with van der Waals surface area (Å²) in [5.74, 6) is 0.249. The van der Waals surface area contributed by atoms with Crippen LogP contribution in [0.25, 0.3) is 0 Å². The summed E-state index contributed by atoms with van der Waals surface area (Å²) in [5.41, 5.74) is 0.915. The van der Waals surface area contributed by atoms with Gasteiger partial charge in [-0.2, -0.15) is 0 Å². The van der Waals surface area contributed by atoms with Crippen molar-refractivity contribution in [2.75, 3.05) is 13.1 Å². The Bertz CT molecular complexity index is 391. The number of benzene rings is 1. The van der Waals surface area contributed by atoms with Crippen LogP contribution in [-0.4, -0.2) is 19.0 Å². The van der Waals surface area contributed by atoms with Gasteiger partial charge in [-0.15, -0.1) is 0 Å². The predicted octanol–water partition coefficient (Wildman–Crippen LogP) is 1.30. The van der Waals surface area contributed by atoms with E-state index in [1.807, 2.05) is 0 Å². The minimum atomic E-state index is -0.256. The molecule has 1 aromatic carbocycles. The van der Waals surface area contributed by atoms with Crippen LogP contribution >= 0.6 is 0 Å². The molecule has 1 aliphatic heterocycles. The lowest BCUT2D eigenvalue weighted by Gasteiger charge is -2.14. The number of carbonyl (C=O) groups is 1. The molecule has 3 nitrogen and oxygen atoms in total. The summed E-state index contributed by atoms with van der Waals surface area (Å²) in [6.45, 7) is 4.18. The maximum absolute atomic E-state index is 12.7. The molecule has 0 saturated carbocycles. The monoisotopic (exact) mass is 236 g/mol. The van der Waals surface area contributed by atoms with Crippen molar-refractivity contribution in [1.82, 2.24) is 10.6 Å². The molecule has 0 aromatic heterocycles. The second-order valence-corrected chi connectivity index (χ2v) is 4.59. The second kappa shape index (κ2) is 5.27. The van der Waals surface area contributed by atoms with Gasteiger partial charge < -0.3 is 10.6 Å². The van der Waals surface area contributed by atoms with Crippen LogP contribution in [0.15, 0.2) is 24.3 Å². The van der Waals surface area contributed by atoms with Crippen LogP contribution in [0, 0.1) is 17.7 Å². The Balaban J connectivity index is 1.85. The number of carbonyl (C=O) groups excluding carboxylic acids is 1. The summed E-state index contributed by atoms with van der Waals surface area (Å²) in [4.78, 5) is 11.9. The van der Waals surface area contributed by atoms with E-state index in [0.29, 0.717) is 12.5 Å². The Morgan fingerprint density at radius 2 is 2.12 bits per heavy atom. The third-order valence-electron chi connectivity index (χ3n) is 3.23. The van der Waals surface area contributed by atoms with Gasteiger partial charge in [0.1, 0.15) is 5.82 Å². The van der Waals surface area contributed by atoms with Crippen molar-refractivity contribution >= 4 is 5.91 Å². The molecule has 1 amide bonds. The number of rotatable bonds is 3. The molecular formula is C13H17FN2O. The van der Waals surface area contributed by atoms with Crippen LogP contribution in [0.4, 0.5) is 4.39 Å². The molecule has 4 heteroatoms. The third kappa shape index (κ3) is 3.03. The summed E-state index contributed by atoms with van der Waals surface area (Å²) in [6, 6.07) is 6.18. The van der Waals surface area contributed by atoms with Crippen LogP contribution in [0.5, 0.6) is 0 Å². The van der Waals surface area contributed by atoms with Crippen LogP contribution < -0.4 is 10.6 Å². The average Bonchev–Trinajstić information content (AvgIpc) is 2.74. The molecule has 1 fully saturated rings. The van der Waals surface area contributed by atoms with Gasteiger partial charge in [-0.25, -0.2) is 4.39 Å². The molecule has 1 aromatic rings. The summed E-state index contributed by atoms with van der Waals surface area (Å²) in [6.07, 6.45) is 0. The van der Waals surface area contributed by atoms with Crippen LogP contribution in [-0.2, 0) is 11.3 Å². The Labute approximate surface area is 100 Å². The lowest BCUT2D eigenvalue weighted by molar-refractivity contribution is -0.125. The number of hydrogen-bond acceptors (Lipinski definition) is 2. The fourth-order valence-corrected chi connectivity index (χ4v) is 2.08. The normalized spacial score (nSPS) is 23.6. The Morgan fingerprint density at radius 1 is 1.41 bits per heavy atom. The van der Waals surface area contributed by atoms with E-state index >= 15 is 0 Å². The van der Waals surface area contributed by atoms with E-state index in [-0.39, 0.29) is 17.6 Å². The largest absolute Gasteiger partial charge is 0.352 e. The van der Waals surface area contributed by atoms with E-state index in [4.69, 9.17) is 0 Å². The fraction of sp³-hybridized carbons (Fsp3) is 0.462. The van der Waals surface area contributed by atoms with Crippen molar-refractivity contribution < 1.29 is 9.18 Å². The van der Waals surface area contributed by atoms with Gasteiger partial charge in [0.25, 0.3) is 0 Å².